The van der Waals surface area contributed by atoms with E-state index >= 15 is 0 Å². The molecule has 1 spiro atoms. The highest BCUT2D eigenvalue weighted by Crippen LogP contribution is 2.56. The molecule has 4 aliphatic rings. The van der Waals surface area contributed by atoms with Crippen LogP contribution in [0.3, 0.4) is 0 Å². The molecule has 0 bridgehead atoms. The summed E-state index contributed by atoms with van der Waals surface area (Å²) in [5.41, 5.74) is 0.636. The van der Waals surface area contributed by atoms with Crippen molar-refractivity contribution < 1.29 is 9.59 Å². The number of rotatable bonds is 1. The molecule has 2 unspecified atom stereocenters. The highest BCUT2D eigenvalue weighted by molar-refractivity contribution is 6.35. The molecule has 2 amide bonds. The first-order chi connectivity index (χ1) is 10.2. The van der Waals surface area contributed by atoms with Crippen molar-refractivity contribution in [1.82, 2.24) is 10.2 Å². The van der Waals surface area contributed by atoms with Crippen molar-refractivity contribution in [2.24, 2.45) is 11.3 Å². The highest BCUT2D eigenvalue weighted by Gasteiger charge is 2.46. The first-order valence-corrected chi connectivity index (χ1v) is 8.78. The van der Waals surface area contributed by atoms with Crippen LogP contribution in [0.2, 0.25) is 0 Å². The van der Waals surface area contributed by atoms with Crippen molar-refractivity contribution in [2.45, 2.75) is 76.3 Å². The van der Waals surface area contributed by atoms with Crippen LogP contribution in [0.15, 0.2) is 0 Å². The van der Waals surface area contributed by atoms with Crippen LogP contribution in [0.1, 0.15) is 64.2 Å². The van der Waals surface area contributed by atoms with Crippen LogP contribution in [0.5, 0.6) is 0 Å². The second-order valence-electron chi connectivity index (χ2n) is 7.79. The quantitative estimate of drug-likeness (QED) is 0.753. The molecule has 4 rings (SSSR count). The molecule has 0 aromatic carbocycles. The number of carbonyl (C=O) groups is 2. The highest BCUT2D eigenvalue weighted by atomic mass is 16.2. The molecule has 4 fully saturated rings. The van der Waals surface area contributed by atoms with Gasteiger partial charge in [0.2, 0.25) is 0 Å². The van der Waals surface area contributed by atoms with Crippen LogP contribution in [0.4, 0.5) is 0 Å². The summed E-state index contributed by atoms with van der Waals surface area (Å²) in [7, 11) is 0. The Morgan fingerprint density at radius 3 is 2.43 bits per heavy atom. The van der Waals surface area contributed by atoms with E-state index in [0.717, 1.165) is 32.2 Å². The van der Waals surface area contributed by atoms with Gasteiger partial charge in [-0.3, -0.25) is 9.59 Å². The van der Waals surface area contributed by atoms with Crippen molar-refractivity contribution in [3.05, 3.63) is 0 Å². The summed E-state index contributed by atoms with van der Waals surface area (Å²) in [6.07, 6.45) is 12.0. The van der Waals surface area contributed by atoms with Gasteiger partial charge in [-0.05, 0) is 69.1 Å². The zero-order valence-corrected chi connectivity index (χ0v) is 12.8. The fraction of sp³-hybridized carbons (Fsp3) is 0.882. The lowest BCUT2D eigenvalue weighted by molar-refractivity contribution is -0.147. The van der Waals surface area contributed by atoms with E-state index in [2.05, 4.69) is 5.32 Å². The van der Waals surface area contributed by atoms with E-state index in [-0.39, 0.29) is 17.9 Å². The minimum absolute atomic E-state index is 0.231. The first kappa shape index (κ1) is 13.6. The van der Waals surface area contributed by atoms with Crippen molar-refractivity contribution in [1.29, 1.82) is 0 Å². The predicted octanol–water partition coefficient (Wildman–Crippen LogP) is 2.23. The molecule has 0 aromatic heterocycles. The Bertz CT molecular complexity index is 448. The lowest BCUT2D eigenvalue weighted by Gasteiger charge is -2.30. The lowest BCUT2D eigenvalue weighted by atomic mass is 9.83. The van der Waals surface area contributed by atoms with Gasteiger partial charge in [-0.15, -0.1) is 0 Å². The van der Waals surface area contributed by atoms with Gasteiger partial charge in [-0.25, -0.2) is 0 Å². The topological polar surface area (TPSA) is 49.4 Å². The van der Waals surface area contributed by atoms with Gasteiger partial charge >= 0.3 is 11.8 Å². The molecule has 4 heteroatoms. The van der Waals surface area contributed by atoms with Gasteiger partial charge in [0.25, 0.3) is 0 Å². The molecule has 116 valence electrons. The summed E-state index contributed by atoms with van der Waals surface area (Å²) in [4.78, 5) is 26.5. The van der Waals surface area contributed by atoms with E-state index in [1.54, 1.807) is 0 Å². The summed E-state index contributed by atoms with van der Waals surface area (Å²) in [5.74, 6) is 0.0431. The second kappa shape index (κ2) is 4.99. The van der Waals surface area contributed by atoms with Crippen LogP contribution in [0.25, 0.3) is 0 Å². The van der Waals surface area contributed by atoms with E-state index in [9.17, 15) is 9.59 Å². The fourth-order valence-corrected chi connectivity index (χ4v) is 4.92. The van der Waals surface area contributed by atoms with E-state index in [1.165, 1.54) is 38.5 Å². The summed E-state index contributed by atoms with van der Waals surface area (Å²) in [6, 6.07) is 0.582. The zero-order chi connectivity index (χ0) is 14.4. The van der Waals surface area contributed by atoms with E-state index in [1.807, 2.05) is 4.90 Å². The number of nitrogens with one attached hydrogen (secondary N) is 1. The Hall–Kier alpha value is -1.06. The normalized spacial score (nSPS) is 34.0. The van der Waals surface area contributed by atoms with E-state index in [0.29, 0.717) is 17.4 Å². The van der Waals surface area contributed by atoms with Crippen LogP contribution in [-0.4, -0.2) is 35.3 Å². The van der Waals surface area contributed by atoms with Crippen molar-refractivity contribution in [3.8, 4) is 0 Å². The molecule has 0 aromatic rings. The Kier molecular flexibility index (Phi) is 3.23. The van der Waals surface area contributed by atoms with Crippen LogP contribution >= 0.6 is 0 Å². The van der Waals surface area contributed by atoms with Crippen molar-refractivity contribution in [2.75, 3.05) is 6.54 Å². The average Bonchev–Trinajstić information content (AvgIpc) is 2.91. The molecular formula is C17H26N2O2. The third-order valence-corrected chi connectivity index (χ3v) is 6.55. The molecule has 3 aliphatic carbocycles. The van der Waals surface area contributed by atoms with Crippen molar-refractivity contribution >= 4 is 11.8 Å². The molecule has 1 N–H and O–H groups in total. The molecule has 4 nitrogen and oxygen atoms in total. The molecule has 2 atom stereocenters. The number of hydrogen-bond acceptors (Lipinski definition) is 2. The lowest BCUT2D eigenvalue weighted by Crippen LogP contribution is -2.49. The second-order valence-corrected chi connectivity index (χ2v) is 7.79. The summed E-state index contributed by atoms with van der Waals surface area (Å²) in [6.45, 7) is 0.787. The Morgan fingerprint density at radius 2 is 1.71 bits per heavy atom. The number of nitrogens with zero attached hydrogens (tertiary/aromatic N) is 1. The van der Waals surface area contributed by atoms with Gasteiger partial charge in [0, 0.05) is 18.6 Å². The Balaban J connectivity index is 1.31. The SMILES string of the molecule is O=C(NC1CCC2(CC1)CC2)C(=O)N1CCC2CCCC21. The number of hydrogen-bond donors (Lipinski definition) is 1. The van der Waals surface area contributed by atoms with Crippen LogP contribution in [0, 0.1) is 11.3 Å². The van der Waals surface area contributed by atoms with Gasteiger partial charge in [-0.1, -0.05) is 6.42 Å². The standard InChI is InChI=1S/C17H26N2O2/c20-15(18-13-4-7-17(8-5-13)9-10-17)16(21)19-11-6-12-2-1-3-14(12)19/h12-14H,1-11H2,(H,18,20). The molecule has 1 aliphatic heterocycles. The van der Waals surface area contributed by atoms with E-state index in [4.69, 9.17) is 0 Å². The summed E-state index contributed by atoms with van der Waals surface area (Å²) < 4.78 is 0. The maximum atomic E-state index is 12.4. The van der Waals surface area contributed by atoms with Gasteiger partial charge in [0.05, 0.1) is 0 Å². The number of amides is 2. The molecule has 21 heavy (non-hydrogen) atoms. The summed E-state index contributed by atoms with van der Waals surface area (Å²) >= 11 is 0. The van der Waals surface area contributed by atoms with Gasteiger partial charge in [0.15, 0.2) is 0 Å². The molecule has 0 radical (unpaired) electrons. The largest absolute Gasteiger partial charge is 0.345 e. The van der Waals surface area contributed by atoms with Gasteiger partial charge < -0.3 is 10.2 Å². The fourth-order valence-electron chi connectivity index (χ4n) is 4.92. The van der Waals surface area contributed by atoms with Crippen molar-refractivity contribution in [3.63, 3.8) is 0 Å². The number of likely N-dealkylation sites (tertiary alicyclic amines) is 1. The zero-order valence-electron chi connectivity index (χ0n) is 12.8. The minimum Gasteiger partial charge on any atom is -0.345 e. The van der Waals surface area contributed by atoms with Gasteiger partial charge in [0.1, 0.15) is 0 Å². The summed E-state index contributed by atoms with van der Waals surface area (Å²) in [5, 5.41) is 3.01. The molecule has 1 heterocycles. The molecule has 3 saturated carbocycles. The maximum absolute atomic E-state index is 12.4. The Labute approximate surface area is 126 Å². The predicted molar refractivity (Wildman–Crippen MR) is 79.5 cm³/mol. The average molecular weight is 290 g/mol. The van der Waals surface area contributed by atoms with Gasteiger partial charge in [-0.2, -0.15) is 0 Å². The minimum atomic E-state index is -0.348. The number of fused-ring (bicyclic) bond motifs is 1. The van der Waals surface area contributed by atoms with Crippen LogP contribution < -0.4 is 5.32 Å². The monoisotopic (exact) mass is 290 g/mol. The molecular weight excluding hydrogens is 264 g/mol. The first-order valence-electron chi connectivity index (χ1n) is 8.78. The molecule has 1 saturated heterocycles. The Morgan fingerprint density at radius 1 is 0.952 bits per heavy atom. The maximum Gasteiger partial charge on any atom is 0.312 e. The third-order valence-electron chi connectivity index (χ3n) is 6.55. The number of carbonyl (C=O) groups excluding carboxylic acids is 2. The third kappa shape index (κ3) is 2.47. The van der Waals surface area contributed by atoms with E-state index < -0.39 is 0 Å². The van der Waals surface area contributed by atoms with Crippen LogP contribution in [-0.2, 0) is 9.59 Å². The smallest absolute Gasteiger partial charge is 0.312 e.